The highest BCUT2D eigenvalue weighted by atomic mass is 35.5. The molecular formula is C21H20ClNO4. The third-order valence-corrected chi connectivity index (χ3v) is 7.01. The fourth-order valence-electron chi connectivity index (χ4n) is 5.29. The van der Waals surface area contributed by atoms with Crippen molar-refractivity contribution in [2.45, 2.75) is 19.4 Å². The number of allylic oxidation sites excluding steroid dienone is 2. The van der Waals surface area contributed by atoms with Gasteiger partial charge in [-0.05, 0) is 36.2 Å². The van der Waals surface area contributed by atoms with Crippen LogP contribution in [0.2, 0.25) is 5.02 Å². The zero-order valence-electron chi connectivity index (χ0n) is 14.7. The van der Waals surface area contributed by atoms with E-state index in [-0.39, 0.29) is 55.1 Å². The highest BCUT2D eigenvalue weighted by molar-refractivity contribution is 6.31. The minimum Gasteiger partial charge on any atom is -0.461 e. The van der Waals surface area contributed by atoms with Gasteiger partial charge in [0.05, 0.1) is 18.3 Å². The summed E-state index contributed by atoms with van der Waals surface area (Å²) in [6.07, 6.45) is 5.44. The molecule has 0 aromatic heterocycles. The zero-order valence-corrected chi connectivity index (χ0v) is 15.5. The highest BCUT2D eigenvalue weighted by Crippen LogP contribution is 2.65. The maximum absolute atomic E-state index is 12.8. The summed E-state index contributed by atoms with van der Waals surface area (Å²) in [7, 11) is 0. The molecule has 2 saturated carbocycles. The first-order valence-corrected chi connectivity index (χ1v) is 9.86. The number of ether oxygens (including phenoxy) is 1. The van der Waals surface area contributed by atoms with E-state index in [2.05, 4.69) is 12.2 Å². The molecule has 6 atom stereocenters. The largest absolute Gasteiger partial charge is 0.461 e. The summed E-state index contributed by atoms with van der Waals surface area (Å²) in [6.45, 7) is 0.184. The minimum absolute atomic E-state index is 0.0109. The van der Waals surface area contributed by atoms with Crippen LogP contribution in [0.1, 0.15) is 18.4 Å². The van der Waals surface area contributed by atoms with Crippen molar-refractivity contribution in [2.75, 3.05) is 6.54 Å². The summed E-state index contributed by atoms with van der Waals surface area (Å²) >= 11 is 6.05. The van der Waals surface area contributed by atoms with Crippen LogP contribution in [0.4, 0.5) is 0 Å². The second kappa shape index (κ2) is 6.20. The molecule has 0 N–H and O–H groups in total. The first-order valence-electron chi connectivity index (χ1n) is 9.49. The zero-order chi connectivity index (χ0) is 18.7. The van der Waals surface area contributed by atoms with Crippen LogP contribution in [-0.2, 0) is 25.7 Å². The van der Waals surface area contributed by atoms with Gasteiger partial charge in [-0.2, -0.15) is 0 Å². The molecule has 0 unspecified atom stereocenters. The molecule has 0 radical (unpaired) electrons. The van der Waals surface area contributed by atoms with Gasteiger partial charge < -0.3 is 4.74 Å². The van der Waals surface area contributed by atoms with Gasteiger partial charge in [-0.15, -0.1) is 0 Å². The third-order valence-electron chi connectivity index (χ3n) is 6.64. The Morgan fingerprint density at radius 1 is 1.07 bits per heavy atom. The van der Waals surface area contributed by atoms with Crippen molar-refractivity contribution in [2.24, 2.45) is 35.5 Å². The maximum Gasteiger partial charge on any atom is 0.307 e. The molecule has 3 fully saturated rings. The van der Waals surface area contributed by atoms with Gasteiger partial charge in [0.15, 0.2) is 0 Å². The van der Waals surface area contributed by atoms with Crippen molar-refractivity contribution in [3.05, 3.63) is 47.0 Å². The van der Waals surface area contributed by atoms with Crippen LogP contribution in [0.5, 0.6) is 0 Å². The van der Waals surface area contributed by atoms with Crippen molar-refractivity contribution in [1.82, 2.24) is 4.90 Å². The number of amides is 2. The van der Waals surface area contributed by atoms with Crippen LogP contribution < -0.4 is 0 Å². The number of esters is 1. The van der Waals surface area contributed by atoms with Gasteiger partial charge in [-0.3, -0.25) is 19.3 Å². The van der Waals surface area contributed by atoms with Crippen LogP contribution in [0, 0.1) is 35.5 Å². The molecule has 1 aromatic carbocycles. The number of carbonyl (C=O) groups is 3. The topological polar surface area (TPSA) is 63.7 Å². The Hall–Kier alpha value is -2.14. The van der Waals surface area contributed by atoms with Crippen LogP contribution in [0.25, 0.3) is 0 Å². The Morgan fingerprint density at radius 3 is 2.33 bits per heavy atom. The molecule has 1 aromatic rings. The molecule has 6 heteroatoms. The Kier molecular flexibility index (Phi) is 3.90. The summed E-state index contributed by atoms with van der Waals surface area (Å²) in [5.41, 5.74) is 0.730. The minimum atomic E-state index is -0.436. The second-order valence-corrected chi connectivity index (χ2v) is 8.39. The average Bonchev–Trinajstić information content (AvgIpc) is 3.45. The number of hydrogen-bond acceptors (Lipinski definition) is 4. The normalized spacial score (nSPS) is 35.2. The first kappa shape index (κ1) is 17.0. The number of halogens is 1. The van der Waals surface area contributed by atoms with Gasteiger partial charge in [0.2, 0.25) is 11.8 Å². The van der Waals surface area contributed by atoms with E-state index in [0.29, 0.717) is 16.9 Å². The number of benzene rings is 1. The van der Waals surface area contributed by atoms with Gasteiger partial charge in [0.25, 0.3) is 0 Å². The van der Waals surface area contributed by atoms with E-state index >= 15 is 0 Å². The van der Waals surface area contributed by atoms with E-state index in [4.69, 9.17) is 16.3 Å². The molecule has 27 heavy (non-hydrogen) atoms. The summed E-state index contributed by atoms with van der Waals surface area (Å²) < 4.78 is 5.25. The number of hydrogen-bond donors (Lipinski definition) is 0. The quantitative estimate of drug-likeness (QED) is 0.444. The molecule has 140 valence electrons. The molecule has 5 nitrogen and oxygen atoms in total. The Bertz CT molecular complexity index is 829. The highest BCUT2D eigenvalue weighted by Gasteiger charge is 2.66. The van der Waals surface area contributed by atoms with Crippen molar-refractivity contribution in [1.29, 1.82) is 0 Å². The van der Waals surface area contributed by atoms with Crippen LogP contribution in [-0.4, -0.2) is 29.2 Å². The van der Waals surface area contributed by atoms with Crippen molar-refractivity contribution < 1.29 is 19.1 Å². The van der Waals surface area contributed by atoms with Gasteiger partial charge in [0, 0.05) is 17.1 Å². The van der Waals surface area contributed by atoms with Crippen LogP contribution in [0.15, 0.2) is 36.4 Å². The van der Waals surface area contributed by atoms with Crippen molar-refractivity contribution in [3.63, 3.8) is 0 Å². The lowest BCUT2D eigenvalue weighted by atomic mass is 9.63. The fourth-order valence-corrected chi connectivity index (χ4v) is 5.48. The summed E-state index contributed by atoms with van der Waals surface area (Å²) in [4.78, 5) is 39.1. The second-order valence-electron chi connectivity index (χ2n) is 7.98. The van der Waals surface area contributed by atoms with E-state index in [0.717, 1.165) is 12.0 Å². The summed E-state index contributed by atoms with van der Waals surface area (Å²) in [5.74, 6) is 0.511. The summed E-state index contributed by atoms with van der Waals surface area (Å²) in [6, 6.07) is 7.16. The molecule has 1 heterocycles. The first-order chi connectivity index (χ1) is 13.1. The number of likely N-dealkylation sites (tertiary alicyclic amines) is 1. The molecule has 2 amide bonds. The van der Waals surface area contributed by atoms with Crippen molar-refractivity contribution in [3.8, 4) is 0 Å². The molecule has 6 rings (SSSR count). The lowest BCUT2D eigenvalue weighted by Crippen LogP contribution is -2.40. The van der Waals surface area contributed by atoms with E-state index in [1.165, 1.54) is 4.90 Å². The van der Waals surface area contributed by atoms with E-state index in [1.807, 2.05) is 12.1 Å². The summed E-state index contributed by atoms with van der Waals surface area (Å²) in [5, 5.41) is 0.542. The number of rotatable bonds is 5. The van der Waals surface area contributed by atoms with Gasteiger partial charge >= 0.3 is 5.97 Å². The van der Waals surface area contributed by atoms with Crippen molar-refractivity contribution >= 4 is 29.4 Å². The molecular weight excluding hydrogens is 366 g/mol. The molecule has 4 aliphatic carbocycles. The Morgan fingerprint density at radius 2 is 1.70 bits per heavy atom. The molecule has 1 aliphatic heterocycles. The lowest BCUT2D eigenvalue weighted by molar-refractivity contribution is -0.146. The van der Waals surface area contributed by atoms with Gasteiger partial charge in [0.1, 0.15) is 6.61 Å². The van der Waals surface area contributed by atoms with E-state index in [1.54, 1.807) is 12.1 Å². The van der Waals surface area contributed by atoms with E-state index < -0.39 is 5.97 Å². The van der Waals surface area contributed by atoms with Gasteiger partial charge in [-0.1, -0.05) is 42.0 Å². The Balaban J connectivity index is 1.20. The molecule has 1 saturated heterocycles. The fraction of sp³-hybridized carbons (Fsp3) is 0.476. The van der Waals surface area contributed by atoms with Crippen LogP contribution >= 0.6 is 11.6 Å². The number of nitrogens with zero attached hydrogens (tertiary/aromatic N) is 1. The smallest absolute Gasteiger partial charge is 0.307 e. The SMILES string of the molecule is O=C(CCN1C(=O)[C@@H]2[C@@H]3C=C[C@H]([C@@H]4C[C@H]34)[C@@H]2C1=O)OCc1ccccc1Cl. The Labute approximate surface area is 162 Å². The van der Waals surface area contributed by atoms with Gasteiger partial charge in [-0.25, -0.2) is 0 Å². The monoisotopic (exact) mass is 385 g/mol. The standard InChI is InChI=1S/C21H20ClNO4/c22-16-4-2-1-3-11(16)10-27-17(24)7-8-23-20(25)18-12-5-6-13(15-9-14(12)15)19(18)21(23)26/h1-6,12-15,18-19H,7-10H2/t12-,13-,14-,15+,18-,19+/m1/s1. The molecule has 2 bridgehead atoms. The predicted octanol–water partition coefficient (Wildman–Crippen LogP) is 2.83. The lowest BCUT2D eigenvalue weighted by Gasteiger charge is -2.37. The van der Waals surface area contributed by atoms with E-state index in [9.17, 15) is 14.4 Å². The predicted molar refractivity (Wildman–Crippen MR) is 97.3 cm³/mol. The molecule has 5 aliphatic rings. The maximum atomic E-state index is 12.8. The molecule has 0 spiro atoms. The third kappa shape index (κ3) is 2.63. The average molecular weight is 386 g/mol. The number of carbonyl (C=O) groups excluding carboxylic acids is 3. The number of imide groups is 1. The van der Waals surface area contributed by atoms with Crippen LogP contribution in [0.3, 0.4) is 0 Å².